The highest BCUT2D eigenvalue weighted by Crippen LogP contribution is 2.42. The third kappa shape index (κ3) is 3.43. The van der Waals surface area contributed by atoms with Crippen molar-refractivity contribution in [3.63, 3.8) is 0 Å². The Kier molecular flexibility index (Phi) is 4.87. The number of rotatable bonds is 6. The maximum atomic E-state index is 16.3. The molecule has 0 aliphatic carbocycles. The number of alkyl halides is 1. The van der Waals surface area contributed by atoms with Gasteiger partial charge in [-0.05, 0) is 41.7 Å². The summed E-state index contributed by atoms with van der Waals surface area (Å²) in [6, 6.07) is 25.7. The quantitative estimate of drug-likeness (QED) is 0.327. The molecule has 1 nitrogen and oxygen atoms in total. The van der Waals surface area contributed by atoms with E-state index in [-0.39, 0.29) is 0 Å². The van der Waals surface area contributed by atoms with Crippen molar-refractivity contribution >= 4 is 21.6 Å². The molecule has 0 saturated carbocycles. The Morgan fingerprint density at radius 3 is 2.26 bits per heavy atom. The van der Waals surface area contributed by atoms with Crippen LogP contribution in [-0.2, 0) is 5.67 Å². The molecule has 1 atom stereocenters. The van der Waals surface area contributed by atoms with Gasteiger partial charge in [0.1, 0.15) is 5.01 Å². The first-order valence-corrected chi connectivity index (χ1v) is 9.84. The molecule has 0 saturated heterocycles. The number of halogens is 1. The van der Waals surface area contributed by atoms with Crippen LogP contribution in [0.25, 0.3) is 21.3 Å². The maximum Gasteiger partial charge on any atom is 0.187 e. The summed E-state index contributed by atoms with van der Waals surface area (Å²) >= 11 is 1.43. The van der Waals surface area contributed by atoms with Crippen LogP contribution in [0.4, 0.5) is 4.39 Å². The Morgan fingerprint density at radius 1 is 0.889 bits per heavy atom. The highest BCUT2D eigenvalue weighted by Gasteiger charge is 2.37. The van der Waals surface area contributed by atoms with E-state index in [0.29, 0.717) is 23.4 Å². The van der Waals surface area contributed by atoms with Gasteiger partial charge < -0.3 is 0 Å². The van der Waals surface area contributed by atoms with Crippen molar-refractivity contribution in [2.45, 2.75) is 18.5 Å². The van der Waals surface area contributed by atoms with Crippen LogP contribution < -0.4 is 0 Å². The van der Waals surface area contributed by atoms with Crippen molar-refractivity contribution in [2.24, 2.45) is 0 Å². The minimum atomic E-state index is -1.62. The van der Waals surface area contributed by atoms with E-state index in [0.717, 1.165) is 21.3 Å². The molecule has 4 aromatic rings. The second kappa shape index (κ2) is 7.45. The maximum absolute atomic E-state index is 16.3. The van der Waals surface area contributed by atoms with Gasteiger partial charge in [-0.15, -0.1) is 17.9 Å². The second-order valence-electron chi connectivity index (χ2n) is 6.56. The molecule has 4 rings (SSSR count). The van der Waals surface area contributed by atoms with Crippen molar-refractivity contribution in [3.8, 4) is 11.1 Å². The molecule has 134 valence electrons. The van der Waals surface area contributed by atoms with E-state index in [2.05, 4.69) is 23.7 Å². The number of para-hydroxylation sites is 1. The van der Waals surface area contributed by atoms with Gasteiger partial charge in [-0.25, -0.2) is 9.37 Å². The molecule has 0 aliphatic heterocycles. The number of benzene rings is 3. The fraction of sp³-hybridized carbons (Fsp3) is 0.125. The number of allylic oxidation sites excluding steroid dienone is 1. The minimum Gasteiger partial charge on any atom is -0.237 e. The van der Waals surface area contributed by atoms with Crippen molar-refractivity contribution < 1.29 is 4.39 Å². The van der Waals surface area contributed by atoms with Gasteiger partial charge in [-0.3, -0.25) is 0 Å². The van der Waals surface area contributed by atoms with E-state index in [1.165, 1.54) is 11.3 Å². The highest BCUT2D eigenvalue weighted by atomic mass is 32.1. The molecule has 1 aromatic heterocycles. The summed E-state index contributed by atoms with van der Waals surface area (Å²) in [7, 11) is 0. The number of aromatic nitrogens is 1. The molecule has 0 aliphatic rings. The molecule has 1 heterocycles. The summed E-state index contributed by atoms with van der Waals surface area (Å²) in [6.45, 7) is 3.76. The summed E-state index contributed by atoms with van der Waals surface area (Å²) < 4.78 is 17.3. The number of thiazole rings is 1. The summed E-state index contributed by atoms with van der Waals surface area (Å²) in [4.78, 5) is 4.60. The lowest BCUT2D eigenvalue weighted by Crippen LogP contribution is -2.21. The summed E-state index contributed by atoms with van der Waals surface area (Å²) in [5.41, 5.74) is 2.07. The minimum absolute atomic E-state index is 0.334. The predicted octanol–water partition coefficient (Wildman–Crippen LogP) is 7.14. The van der Waals surface area contributed by atoms with E-state index in [4.69, 9.17) is 0 Å². The van der Waals surface area contributed by atoms with Crippen molar-refractivity contribution in [1.82, 2.24) is 4.98 Å². The third-order valence-corrected chi connectivity index (χ3v) is 5.95. The predicted molar refractivity (Wildman–Crippen MR) is 113 cm³/mol. The monoisotopic (exact) mass is 373 g/mol. The second-order valence-corrected chi connectivity index (χ2v) is 7.59. The molecular formula is C24H20FNS. The summed E-state index contributed by atoms with van der Waals surface area (Å²) in [5, 5.41) is 0.512. The first-order valence-electron chi connectivity index (χ1n) is 9.02. The molecular weight excluding hydrogens is 353 g/mol. The van der Waals surface area contributed by atoms with Gasteiger partial charge in [-0.2, -0.15) is 0 Å². The molecule has 3 heteroatoms. The normalized spacial score (nSPS) is 13.4. The zero-order valence-electron chi connectivity index (χ0n) is 14.9. The fourth-order valence-electron chi connectivity index (χ4n) is 3.27. The summed E-state index contributed by atoms with van der Waals surface area (Å²) in [6.07, 6.45) is 2.69. The molecule has 0 radical (unpaired) electrons. The number of hydrogen-bond acceptors (Lipinski definition) is 2. The molecule has 0 N–H and O–H groups in total. The van der Waals surface area contributed by atoms with Gasteiger partial charge in [0.25, 0.3) is 0 Å². The van der Waals surface area contributed by atoms with Gasteiger partial charge in [0, 0.05) is 0 Å². The zero-order chi connectivity index (χ0) is 18.7. The van der Waals surface area contributed by atoms with Crippen LogP contribution in [0.5, 0.6) is 0 Å². The van der Waals surface area contributed by atoms with Crippen LogP contribution in [0.2, 0.25) is 0 Å². The average molecular weight is 373 g/mol. The molecule has 0 amide bonds. The van der Waals surface area contributed by atoms with E-state index >= 15 is 4.39 Å². The van der Waals surface area contributed by atoms with E-state index < -0.39 is 5.67 Å². The van der Waals surface area contributed by atoms with E-state index in [1.807, 2.05) is 66.7 Å². The average Bonchev–Trinajstić information content (AvgIpc) is 3.18. The number of hydrogen-bond donors (Lipinski definition) is 0. The lowest BCUT2D eigenvalue weighted by molar-refractivity contribution is 0.207. The SMILES string of the molecule is C=CCCC(F)(c1ccc(-c2ccccc2)cc1)c1nc2ccccc2s1. The third-order valence-electron chi connectivity index (χ3n) is 4.78. The van der Waals surface area contributed by atoms with Crippen LogP contribution in [-0.4, -0.2) is 4.98 Å². The topological polar surface area (TPSA) is 12.9 Å². The molecule has 0 spiro atoms. The zero-order valence-corrected chi connectivity index (χ0v) is 15.8. The van der Waals surface area contributed by atoms with Crippen molar-refractivity contribution in [3.05, 3.63) is 102 Å². The Morgan fingerprint density at radius 2 is 1.56 bits per heavy atom. The lowest BCUT2D eigenvalue weighted by atomic mass is 9.90. The fourth-order valence-corrected chi connectivity index (χ4v) is 4.37. The van der Waals surface area contributed by atoms with Gasteiger partial charge in [0.2, 0.25) is 0 Å². The summed E-state index contributed by atoms with van der Waals surface area (Å²) in [5.74, 6) is 0. The molecule has 0 fully saturated rings. The Hall–Kier alpha value is -2.78. The van der Waals surface area contributed by atoms with Gasteiger partial charge in [-0.1, -0.05) is 72.8 Å². The lowest BCUT2D eigenvalue weighted by Gasteiger charge is -2.23. The van der Waals surface area contributed by atoms with Gasteiger partial charge >= 0.3 is 0 Å². The van der Waals surface area contributed by atoms with Crippen LogP contribution in [0.15, 0.2) is 91.5 Å². The van der Waals surface area contributed by atoms with Crippen molar-refractivity contribution in [1.29, 1.82) is 0 Å². The van der Waals surface area contributed by atoms with Gasteiger partial charge in [0.15, 0.2) is 5.67 Å². The Bertz CT molecular complexity index is 1020. The molecule has 1 unspecified atom stereocenters. The highest BCUT2D eigenvalue weighted by molar-refractivity contribution is 7.18. The van der Waals surface area contributed by atoms with Crippen molar-refractivity contribution in [2.75, 3.05) is 0 Å². The number of nitrogens with zero attached hydrogens (tertiary/aromatic N) is 1. The van der Waals surface area contributed by atoms with E-state index in [1.54, 1.807) is 6.08 Å². The molecule has 0 bridgehead atoms. The first-order chi connectivity index (χ1) is 13.2. The van der Waals surface area contributed by atoms with Crippen LogP contribution >= 0.6 is 11.3 Å². The first kappa shape index (κ1) is 17.6. The van der Waals surface area contributed by atoms with Gasteiger partial charge in [0.05, 0.1) is 10.2 Å². The number of fused-ring (bicyclic) bond motifs is 1. The smallest absolute Gasteiger partial charge is 0.187 e. The Balaban J connectivity index is 1.76. The largest absolute Gasteiger partial charge is 0.237 e. The molecule has 3 aromatic carbocycles. The van der Waals surface area contributed by atoms with Crippen LogP contribution in [0.3, 0.4) is 0 Å². The standard InChI is InChI=1S/C24H20FNS/c1-2-3-17-24(25,23-26-21-11-7-8-12-22(21)27-23)20-15-13-19(14-16-20)18-9-5-4-6-10-18/h2,4-16H,1,3,17H2. The molecule has 27 heavy (non-hydrogen) atoms. The Labute approximate surface area is 162 Å². The van der Waals surface area contributed by atoms with Crippen LogP contribution in [0.1, 0.15) is 23.4 Å². The van der Waals surface area contributed by atoms with E-state index in [9.17, 15) is 0 Å². The van der Waals surface area contributed by atoms with Crippen LogP contribution in [0, 0.1) is 0 Å².